The summed E-state index contributed by atoms with van der Waals surface area (Å²) in [7, 11) is -2.65. The largest absolute Gasteiger partial charge is 0.493 e. The minimum atomic E-state index is -4.26. The summed E-state index contributed by atoms with van der Waals surface area (Å²) in [5.74, 6) is -3.20. The van der Waals surface area contributed by atoms with Crippen molar-refractivity contribution in [3.8, 4) is 33.9 Å². The lowest BCUT2D eigenvalue weighted by atomic mass is 9.39. The maximum absolute atomic E-state index is 13.8. The van der Waals surface area contributed by atoms with E-state index in [0.29, 0.717) is 59.1 Å². The minimum Gasteiger partial charge on any atom is -0.493 e. The number of nitrogens with one attached hydrogen (secondary N) is 2. The summed E-state index contributed by atoms with van der Waals surface area (Å²) < 4.78 is 64.4. The molecule has 3 aromatic heterocycles. The molecule has 4 bridgehead atoms. The molecule has 488 valence electrons. The van der Waals surface area contributed by atoms with Gasteiger partial charge in [0.05, 0.1) is 46.7 Å². The highest BCUT2D eigenvalue weighted by atomic mass is 32.2. The van der Waals surface area contributed by atoms with Gasteiger partial charge in [-0.25, -0.2) is 29.1 Å². The molecule has 4 saturated carbocycles. The SMILES string of the molecule is Cc1c(-c2ccc(-c3ccc4c(c3)N(C(=O)Nc3nc5ccccc5s3)CCC4)nc2C(=O)O)cnn1CC12CC3(C)CC(C)(C1)CC(OCCN(C)C(=O)OCc1ccc(O[C@@H]4O[C@H](C(=O)O)[C@@H](O)[C@H](O)[C@H]4O)cc1OCCCNC[C@@H](N)CS(=O)(=O)O)(C3)C2. The van der Waals surface area contributed by atoms with E-state index in [2.05, 4.69) is 29.5 Å². The van der Waals surface area contributed by atoms with E-state index in [0.717, 1.165) is 78.5 Å². The van der Waals surface area contributed by atoms with E-state index in [1.165, 1.54) is 34.4 Å². The molecule has 1 saturated heterocycles. The number of carboxylic acid groups (broad SMARTS) is 2. The third-order valence-electron chi connectivity index (χ3n) is 18.1. The van der Waals surface area contributed by atoms with Crippen molar-refractivity contribution in [2.75, 3.05) is 62.4 Å². The zero-order valence-corrected chi connectivity index (χ0v) is 52.6. The molecule has 26 nitrogen and oxygen atoms in total. The zero-order valence-electron chi connectivity index (χ0n) is 50.9. The van der Waals surface area contributed by atoms with Crippen molar-refractivity contribution in [2.45, 2.75) is 134 Å². The van der Waals surface area contributed by atoms with E-state index in [1.807, 2.05) is 60.1 Å². The van der Waals surface area contributed by atoms with Crippen LogP contribution in [0.4, 0.5) is 20.4 Å². The molecule has 6 aromatic rings. The molecule has 12 rings (SSSR count). The molecule has 10 N–H and O–H groups in total. The van der Waals surface area contributed by atoms with Crippen LogP contribution in [0.3, 0.4) is 0 Å². The van der Waals surface area contributed by atoms with Crippen molar-refractivity contribution in [3.63, 3.8) is 0 Å². The van der Waals surface area contributed by atoms with E-state index >= 15 is 0 Å². The van der Waals surface area contributed by atoms with Crippen molar-refractivity contribution >= 4 is 66.6 Å². The van der Waals surface area contributed by atoms with Gasteiger partial charge in [0.25, 0.3) is 10.1 Å². The Labute approximate surface area is 529 Å². The lowest BCUT2D eigenvalue weighted by Gasteiger charge is -2.69. The van der Waals surface area contributed by atoms with Gasteiger partial charge in [-0.15, -0.1) is 0 Å². The smallest absolute Gasteiger partial charge is 0.409 e. The van der Waals surface area contributed by atoms with Crippen LogP contribution in [0.15, 0.2) is 79.0 Å². The summed E-state index contributed by atoms with van der Waals surface area (Å²) in [4.78, 5) is 64.8. The number of rotatable bonds is 24. The Balaban J connectivity index is 0.730. The number of para-hydroxylation sites is 1. The van der Waals surface area contributed by atoms with Gasteiger partial charge in [-0.3, -0.25) is 19.5 Å². The maximum atomic E-state index is 13.8. The second-order valence-electron chi connectivity index (χ2n) is 25.9. The number of likely N-dealkylation sites (N-methyl/N-ethyl adjacent to an activating group) is 1. The van der Waals surface area contributed by atoms with Gasteiger partial charge in [-0.2, -0.15) is 13.5 Å². The fourth-order valence-corrected chi connectivity index (χ4v) is 16.8. The number of hydrogen-bond acceptors (Lipinski definition) is 20. The number of urea groups is 1. The molecule has 91 heavy (non-hydrogen) atoms. The number of pyridine rings is 1. The van der Waals surface area contributed by atoms with Crippen LogP contribution in [0, 0.1) is 23.2 Å². The van der Waals surface area contributed by atoms with E-state index in [9.17, 15) is 53.1 Å². The predicted molar refractivity (Wildman–Crippen MR) is 334 cm³/mol. The number of carbonyl (C=O) groups excluding carboxylic acids is 2. The fourth-order valence-electron chi connectivity index (χ4n) is 15.3. The van der Waals surface area contributed by atoms with Gasteiger partial charge in [-0.05, 0) is 136 Å². The topological polar surface area (TPSA) is 370 Å². The Morgan fingerprint density at radius 3 is 2.42 bits per heavy atom. The molecule has 5 heterocycles. The third kappa shape index (κ3) is 14.5. The second-order valence-corrected chi connectivity index (χ2v) is 28.5. The second kappa shape index (κ2) is 26.0. The van der Waals surface area contributed by atoms with E-state index < -0.39 is 76.3 Å². The van der Waals surface area contributed by atoms with Gasteiger partial charge < -0.3 is 65.2 Å². The van der Waals surface area contributed by atoms with Crippen LogP contribution >= 0.6 is 11.3 Å². The van der Waals surface area contributed by atoms with Crippen molar-refractivity contribution in [1.82, 2.24) is 30.0 Å². The highest BCUT2D eigenvalue weighted by molar-refractivity contribution is 7.85. The summed E-state index contributed by atoms with van der Waals surface area (Å²) in [6.45, 7) is 8.39. The lowest BCUT2D eigenvalue weighted by molar-refractivity contribution is -0.271. The zero-order chi connectivity index (χ0) is 64.8. The number of nitrogens with two attached hydrogens (primary N) is 1. The van der Waals surface area contributed by atoms with Gasteiger partial charge in [0.15, 0.2) is 16.9 Å². The molecule has 5 fully saturated rings. The molecular formula is C63H77N9O17S2. The molecule has 2 unspecified atom stereocenters. The van der Waals surface area contributed by atoms with Crippen LogP contribution in [-0.2, 0) is 48.7 Å². The Bertz CT molecular complexity index is 3790. The number of anilines is 2. The minimum absolute atomic E-state index is 0.0145. The molecule has 3 amide bonds. The number of aliphatic carboxylic acids is 1. The summed E-state index contributed by atoms with van der Waals surface area (Å²) in [5, 5.41) is 62.8. The van der Waals surface area contributed by atoms with E-state index in [-0.39, 0.29) is 72.4 Å². The molecule has 6 aliphatic rings. The average molecular weight is 1300 g/mol. The maximum Gasteiger partial charge on any atom is 0.409 e. The number of thiazole rings is 1. The highest BCUT2D eigenvalue weighted by Crippen LogP contribution is 2.72. The standard InChI is InChI=1S/C63H77N9O17S2/c1-36-43(42-16-17-44(67-49(42)54(76)77)38-13-12-37-9-7-19-71(46(37)23-38)58(80)69-57-68-45-10-5-6-11-48(45)90-57)26-66-72(36)35-62-30-60(2)29-61(3,31-62)33-63(32-60,34-62)87-22-20-70(4)59(81)86-27-39-14-15-41(88-56-52(75)50(73)51(74)53(89-56)55(78)79)24-47(39)85-21-8-18-65-25-40(64)28-91(82,83)84/h5-6,10-17,23-24,26,40,50-53,56,65,73-75H,7-9,18-22,25,27-35,64H2,1-4H3,(H,76,77)(H,78,79)(H,68,69,80)(H,82,83,84)/t40-,50+,51+,52-,53+,56-,60?,61?,62?,63?/m1/s1. The summed E-state index contributed by atoms with van der Waals surface area (Å²) in [6.07, 6.45) is -0.840. The number of amides is 3. The van der Waals surface area contributed by atoms with Crippen molar-refractivity contribution in [1.29, 1.82) is 0 Å². The predicted octanol–water partition coefficient (Wildman–Crippen LogP) is 6.46. The lowest BCUT2D eigenvalue weighted by Crippen LogP contribution is -2.64. The molecule has 28 heteroatoms. The molecule has 8 atom stereocenters. The molecule has 3 aromatic carbocycles. The number of aryl methyl sites for hydroxylation is 1. The van der Waals surface area contributed by atoms with Gasteiger partial charge in [0, 0.05) is 79.0 Å². The molecular weight excluding hydrogens is 1220 g/mol. The van der Waals surface area contributed by atoms with Gasteiger partial charge >= 0.3 is 24.1 Å². The van der Waals surface area contributed by atoms with Crippen LogP contribution in [0.5, 0.6) is 11.5 Å². The van der Waals surface area contributed by atoms with Gasteiger partial charge in [0.1, 0.15) is 36.4 Å². The number of aliphatic hydroxyl groups excluding tert-OH is 3. The molecule has 0 radical (unpaired) electrons. The number of carbonyl (C=O) groups is 4. The summed E-state index contributed by atoms with van der Waals surface area (Å²) in [5.41, 5.74) is 10.9. The van der Waals surface area contributed by atoms with E-state index in [4.69, 9.17) is 44.1 Å². The molecule has 0 spiro atoms. The Morgan fingerprint density at radius 1 is 0.912 bits per heavy atom. The van der Waals surface area contributed by atoms with Crippen LogP contribution in [-0.4, -0.2) is 182 Å². The van der Waals surface area contributed by atoms with Gasteiger partial charge in [0.2, 0.25) is 6.29 Å². The first-order chi connectivity index (χ1) is 43.2. The van der Waals surface area contributed by atoms with Crippen molar-refractivity contribution < 1.29 is 81.4 Å². The third-order valence-corrected chi connectivity index (χ3v) is 19.9. The van der Waals surface area contributed by atoms with Crippen LogP contribution in [0.25, 0.3) is 32.6 Å². The van der Waals surface area contributed by atoms with Gasteiger partial charge in [-0.1, -0.05) is 49.4 Å². The highest BCUT2D eigenvalue weighted by Gasteiger charge is 2.66. The number of hydrogen-bond donors (Lipinski definition) is 9. The average Bonchev–Trinajstić information content (AvgIpc) is 1.08. The Kier molecular flexibility index (Phi) is 18.6. The van der Waals surface area contributed by atoms with Crippen LogP contribution in [0.2, 0.25) is 0 Å². The first-order valence-corrected chi connectivity index (χ1v) is 32.7. The molecule has 2 aliphatic heterocycles. The first-order valence-electron chi connectivity index (χ1n) is 30.3. The van der Waals surface area contributed by atoms with Crippen LogP contribution in [0.1, 0.15) is 92.5 Å². The molecule has 4 aliphatic carbocycles. The number of carboxylic acids is 2. The summed E-state index contributed by atoms with van der Waals surface area (Å²) >= 11 is 1.41. The number of benzene rings is 3. The number of aliphatic hydroxyl groups is 3. The first kappa shape index (κ1) is 65.1. The quantitative estimate of drug-likeness (QED) is 0.0232. The summed E-state index contributed by atoms with van der Waals surface area (Å²) in [6, 6.07) is 20.3. The Hall–Kier alpha value is -7.38. The number of aromatic nitrogens is 4. The fraction of sp³-hybridized carbons (Fsp3) is 0.508. The van der Waals surface area contributed by atoms with Crippen molar-refractivity contribution in [3.05, 3.63) is 102 Å². The number of fused-ring (bicyclic) bond motifs is 2. The Morgan fingerprint density at radius 2 is 1.68 bits per heavy atom. The number of aromatic carboxylic acids is 1. The number of ether oxygens (including phenoxy) is 5. The monoisotopic (exact) mass is 1300 g/mol. The van der Waals surface area contributed by atoms with E-state index in [1.54, 1.807) is 24.2 Å². The normalized spacial score (nSPS) is 26.3. The van der Waals surface area contributed by atoms with Crippen LogP contribution < -0.4 is 30.7 Å². The number of nitrogens with zero attached hydrogens (tertiary/aromatic N) is 6. The van der Waals surface area contributed by atoms with Crippen molar-refractivity contribution in [2.24, 2.45) is 22.0 Å².